The van der Waals surface area contributed by atoms with Crippen LogP contribution in [0.5, 0.6) is 0 Å². The van der Waals surface area contributed by atoms with Crippen LogP contribution in [0.4, 0.5) is 0 Å². The van der Waals surface area contributed by atoms with E-state index >= 15 is 0 Å². The fourth-order valence-electron chi connectivity index (χ4n) is 2.16. The van der Waals surface area contributed by atoms with Gasteiger partial charge in [-0.3, -0.25) is 4.68 Å². The third kappa shape index (κ3) is 2.85. The minimum atomic E-state index is 0.0552. The van der Waals surface area contributed by atoms with E-state index in [-0.39, 0.29) is 6.04 Å². The summed E-state index contributed by atoms with van der Waals surface area (Å²) in [5, 5.41) is 5.43. The lowest BCUT2D eigenvalue weighted by Gasteiger charge is -2.32. The monoisotopic (exact) mass is 335 g/mol. The summed E-state index contributed by atoms with van der Waals surface area (Å²) in [4.78, 5) is 0. The Bertz CT molecular complexity index is 383. The van der Waals surface area contributed by atoms with E-state index in [4.69, 9.17) is 5.73 Å². The third-order valence-corrected chi connectivity index (χ3v) is 6.87. The van der Waals surface area contributed by atoms with Gasteiger partial charge in [-0.1, -0.05) is 6.92 Å². The van der Waals surface area contributed by atoms with E-state index in [9.17, 15) is 0 Å². The van der Waals surface area contributed by atoms with Gasteiger partial charge in [0.2, 0.25) is 0 Å². The van der Waals surface area contributed by atoms with Gasteiger partial charge in [-0.05, 0) is 22.9 Å². The normalized spacial score (nSPS) is 27.1. The van der Waals surface area contributed by atoms with Crippen molar-refractivity contribution in [1.82, 2.24) is 9.78 Å². The van der Waals surface area contributed by atoms with Gasteiger partial charge in [0.25, 0.3) is 0 Å². The zero-order valence-corrected chi connectivity index (χ0v) is 13.3. The Morgan fingerprint density at radius 1 is 1.59 bits per heavy atom. The minimum Gasteiger partial charge on any atom is -0.322 e. The Hall–Kier alpha value is 0.350. The standard InChI is InChI=1S/C11H18BrN3S2/c1-3-15-10(8(12)6-14-15)9(13)11-7(2)16-4-5-17-11/h6-7,9,11H,3-5,13H2,1-2H3. The first-order valence-corrected chi connectivity index (χ1v) is 8.74. The molecule has 1 fully saturated rings. The highest BCUT2D eigenvalue weighted by atomic mass is 79.9. The van der Waals surface area contributed by atoms with E-state index in [0.29, 0.717) is 10.5 Å². The van der Waals surface area contributed by atoms with Crippen LogP contribution in [0.1, 0.15) is 25.6 Å². The molecule has 0 aliphatic carbocycles. The summed E-state index contributed by atoms with van der Waals surface area (Å²) in [6, 6.07) is 0.0552. The largest absolute Gasteiger partial charge is 0.322 e. The maximum atomic E-state index is 6.46. The summed E-state index contributed by atoms with van der Waals surface area (Å²) in [7, 11) is 0. The Balaban J connectivity index is 2.22. The maximum absolute atomic E-state index is 6.46. The van der Waals surface area contributed by atoms with Crippen LogP contribution in [0.25, 0.3) is 0 Å². The number of nitrogens with zero attached hydrogens (tertiary/aromatic N) is 2. The molecule has 1 aliphatic heterocycles. The van der Waals surface area contributed by atoms with Gasteiger partial charge in [0.1, 0.15) is 0 Å². The second kappa shape index (κ2) is 5.99. The van der Waals surface area contributed by atoms with Gasteiger partial charge >= 0.3 is 0 Å². The number of hydrogen-bond acceptors (Lipinski definition) is 4. The Morgan fingerprint density at radius 3 is 2.94 bits per heavy atom. The lowest BCUT2D eigenvalue weighted by Crippen LogP contribution is -2.35. The fraction of sp³-hybridized carbons (Fsp3) is 0.727. The molecule has 3 nitrogen and oxygen atoms in total. The minimum absolute atomic E-state index is 0.0552. The highest BCUT2D eigenvalue weighted by Gasteiger charge is 2.31. The molecule has 96 valence electrons. The quantitative estimate of drug-likeness (QED) is 0.922. The number of nitrogens with two attached hydrogens (primary N) is 1. The van der Waals surface area contributed by atoms with Crippen LogP contribution in [0, 0.1) is 0 Å². The maximum Gasteiger partial charge on any atom is 0.0705 e. The molecule has 0 amide bonds. The van der Waals surface area contributed by atoms with Crippen LogP contribution in [0.3, 0.4) is 0 Å². The van der Waals surface area contributed by atoms with Crippen molar-refractivity contribution >= 4 is 39.5 Å². The Morgan fingerprint density at radius 2 is 2.29 bits per heavy atom. The van der Waals surface area contributed by atoms with Gasteiger partial charge in [0, 0.05) is 28.6 Å². The smallest absolute Gasteiger partial charge is 0.0705 e. The molecule has 1 saturated heterocycles. The van der Waals surface area contributed by atoms with E-state index in [0.717, 1.165) is 16.7 Å². The summed E-state index contributed by atoms with van der Waals surface area (Å²) in [6.45, 7) is 5.25. The van der Waals surface area contributed by atoms with Gasteiger partial charge in [0.15, 0.2) is 0 Å². The molecule has 3 unspecified atom stereocenters. The first-order chi connectivity index (χ1) is 8.15. The average molecular weight is 336 g/mol. The number of rotatable bonds is 3. The van der Waals surface area contributed by atoms with Crippen molar-refractivity contribution in [1.29, 1.82) is 0 Å². The van der Waals surface area contributed by atoms with E-state index in [1.165, 1.54) is 11.5 Å². The Labute approximate surface area is 119 Å². The zero-order valence-electron chi connectivity index (χ0n) is 10.1. The summed E-state index contributed by atoms with van der Waals surface area (Å²) >= 11 is 7.59. The molecular formula is C11H18BrN3S2. The summed E-state index contributed by atoms with van der Waals surface area (Å²) in [6.07, 6.45) is 1.85. The molecule has 3 atom stereocenters. The molecule has 1 aromatic rings. The molecule has 17 heavy (non-hydrogen) atoms. The molecule has 6 heteroatoms. The molecule has 0 radical (unpaired) electrons. The molecule has 2 N–H and O–H groups in total. The number of hydrogen-bond donors (Lipinski definition) is 1. The van der Waals surface area contributed by atoms with Crippen molar-refractivity contribution in [3.8, 4) is 0 Å². The van der Waals surface area contributed by atoms with E-state index in [2.05, 4.69) is 34.9 Å². The van der Waals surface area contributed by atoms with Crippen LogP contribution in [0.15, 0.2) is 10.7 Å². The summed E-state index contributed by atoms with van der Waals surface area (Å²) < 4.78 is 3.04. The molecule has 1 aliphatic rings. The van der Waals surface area contributed by atoms with Crippen LogP contribution in [-0.2, 0) is 6.54 Å². The number of aromatic nitrogens is 2. The fourth-order valence-corrected chi connectivity index (χ4v) is 5.57. The highest BCUT2D eigenvalue weighted by molar-refractivity contribution is 9.10. The molecule has 0 aromatic carbocycles. The number of halogens is 1. The molecule has 1 aromatic heterocycles. The van der Waals surface area contributed by atoms with Crippen molar-refractivity contribution in [2.45, 2.75) is 36.9 Å². The summed E-state index contributed by atoms with van der Waals surface area (Å²) in [5.74, 6) is 2.44. The third-order valence-electron chi connectivity index (χ3n) is 3.04. The molecule has 0 bridgehead atoms. The Kier molecular flexibility index (Phi) is 4.86. The van der Waals surface area contributed by atoms with Gasteiger partial charge in [0.05, 0.1) is 22.4 Å². The van der Waals surface area contributed by atoms with Crippen LogP contribution < -0.4 is 5.73 Å². The summed E-state index contributed by atoms with van der Waals surface area (Å²) in [5.41, 5.74) is 7.60. The van der Waals surface area contributed by atoms with Gasteiger partial charge < -0.3 is 5.73 Å². The van der Waals surface area contributed by atoms with Crippen molar-refractivity contribution in [2.75, 3.05) is 11.5 Å². The number of aryl methyl sites for hydroxylation is 1. The SMILES string of the molecule is CCn1ncc(Br)c1C(N)C1SCCSC1C. The van der Waals surface area contributed by atoms with E-state index in [1.807, 2.05) is 34.4 Å². The zero-order chi connectivity index (χ0) is 12.4. The average Bonchev–Trinajstić information content (AvgIpc) is 2.70. The molecule has 0 spiro atoms. The molecular weight excluding hydrogens is 318 g/mol. The first-order valence-electron chi connectivity index (χ1n) is 5.85. The lowest BCUT2D eigenvalue weighted by molar-refractivity contribution is 0.552. The van der Waals surface area contributed by atoms with Crippen LogP contribution >= 0.6 is 39.5 Å². The van der Waals surface area contributed by atoms with Crippen molar-refractivity contribution < 1.29 is 0 Å². The van der Waals surface area contributed by atoms with Crippen molar-refractivity contribution in [3.05, 3.63) is 16.4 Å². The van der Waals surface area contributed by atoms with Crippen LogP contribution in [-0.4, -0.2) is 31.8 Å². The second-order valence-corrected chi connectivity index (χ2v) is 7.76. The second-order valence-electron chi connectivity index (χ2n) is 4.13. The number of thioether (sulfide) groups is 2. The first kappa shape index (κ1) is 13.8. The van der Waals surface area contributed by atoms with Crippen molar-refractivity contribution in [3.63, 3.8) is 0 Å². The predicted molar refractivity (Wildman–Crippen MR) is 80.7 cm³/mol. The molecule has 2 heterocycles. The lowest BCUT2D eigenvalue weighted by atomic mass is 10.1. The predicted octanol–water partition coefficient (Wildman–Crippen LogP) is 2.90. The van der Waals surface area contributed by atoms with Gasteiger partial charge in [-0.25, -0.2) is 0 Å². The van der Waals surface area contributed by atoms with E-state index < -0.39 is 0 Å². The highest BCUT2D eigenvalue weighted by Crippen LogP contribution is 2.39. The molecule has 2 rings (SSSR count). The van der Waals surface area contributed by atoms with Crippen molar-refractivity contribution in [2.24, 2.45) is 5.73 Å². The molecule has 0 saturated carbocycles. The topological polar surface area (TPSA) is 43.8 Å². The van der Waals surface area contributed by atoms with Crippen LogP contribution in [0.2, 0.25) is 0 Å². The van der Waals surface area contributed by atoms with Gasteiger partial charge in [-0.2, -0.15) is 28.6 Å². The van der Waals surface area contributed by atoms with Gasteiger partial charge in [-0.15, -0.1) is 0 Å². The van der Waals surface area contributed by atoms with E-state index in [1.54, 1.807) is 0 Å².